The number of methoxy groups -OCH3 is 1. The molecule has 28 heavy (non-hydrogen) atoms. The van der Waals surface area contributed by atoms with E-state index >= 15 is 0 Å². The van der Waals surface area contributed by atoms with Crippen molar-refractivity contribution in [3.63, 3.8) is 0 Å². The second-order valence-corrected chi connectivity index (χ2v) is 8.26. The van der Waals surface area contributed by atoms with Gasteiger partial charge >= 0.3 is 6.03 Å². The molecule has 2 fully saturated rings. The molecule has 1 aromatic carbocycles. The van der Waals surface area contributed by atoms with Gasteiger partial charge in [0.2, 0.25) is 11.0 Å². The highest BCUT2D eigenvalue weighted by atomic mass is 32.1. The van der Waals surface area contributed by atoms with Crippen molar-refractivity contribution in [3.8, 4) is 5.75 Å². The second kappa shape index (κ2) is 8.14. The number of ether oxygens (including phenoxy) is 1. The van der Waals surface area contributed by atoms with Crippen LogP contribution in [0.5, 0.6) is 5.75 Å². The molecule has 1 aromatic heterocycles. The van der Waals surface area contributed by atoms with Crippen LogP contribution in [0, 0.1) is 5.92 Å². The van der Waals surface area contributed by atoms with E-state index in [2.05, 4.69) is 20.8 Å². The molecule has 3 amide bonds. The number of anilines is 1. The van der Waals surface area contributed by atoms with Crippen LogP contribution >= 0.6 is 11.3 Å². The molecule has 148 valence electrons. The van der Waals surface area contributed by atoms with Gasteiger partial charge in [-0.3, -0.25) is 10.1 Å². The second-order valence-electron chi connectivity index (χ2n) is 7.20. The number of nitrogens with zero attached hydrogens (tertiary/aromatic N) is 3. The van der Waals surface area contributed by atoms with Gasteiger partial charge in [0.15, 0.2) is 0 Å². The number of rotatable bonds is 6. The number of carbonyl (C=O) groups is 2. The van der Waals surface area contributed by atoms with E-state index in [1.807, 2.05) is 24.3 Å². The molecule has 1 aliphatic carbocycles. The van der Waals surface area contributed by atoms with Crippen molar-refractivity contribution in [2.24, 2.45) is 5.92 Å². The smallest absolute Gasteiger partial charge is 0.323 e. The molecular weight excluding hydrogens is 378 g/mol. The van der Waals surface area contributed by atoms with Crippen LogP contribution in [0.15, 0.2) is 24.3 Å². The molecule has 8 nitrogen and oxygen atoms in total. The SMILES string of the molecule is COc1cccc(Cc2nnc(NC(=O)N3CC(NC(=O)C4CCC4)C3)s2)c1. The molecule has 1 saturated carbocycles. The van der Waals surface area contributed by atoms with E-state index in [0.29, 0.717) is 24.6 Å². The molecule has 0 bridgehead atoms. The van der Waals surface area contributed by atoms with Crippen molar-refractivity contribution in [2.45, 2.75) is 31.7 Å². The summed E-state index contributed by atoms with van der Waals surface area (Å²) in [5.74, 6) is 1.10. The first-order valence-electron chi connectivity index (χ1n) is 9.42. The summed E-state index contributed by atoms with van der Waals surface area (Å²) in [4.78, 5) is 25.9. The van der Waals surface area contributed by atoms with Crippen LogP contribution in [-0.2, 0) is 11.2 Å². The number of likely N-dealkylation sites (tertiary alicyclic amines) is 1. The Morgan fingerprint density at radius 3 is 2.82 bits per heavy atom. The molecular formula is C19H23N5O3S. The standard InChI is InChI=1S/C19H23N5O3S/c1-27-15-7-2-4-12(8-15)9-16-22-23-18(28-16)21-19(26)24-10-14(11-24)20-17(25)13-5-3-6-13/h2,4,7-8,13-14H,3,5-6,9-11H2,1H3,(H,20,25)(H,21,23,26). The Morgan fingerprint density at radius 2 is 2.11 bits per heavy atom. The van der Waals surface area contributed by atoms with E-state index in [1.165, 1.54) is 11.3 Å². The molecule has 2 N–H and O–H groups in total. The van der Waals surface area contributed by atoms with Gasteiger partial charge in [-0.2, -0.15) is 0 Å². The molecule has 0 atom stereocenters. The maximum absolute atomic E-state index is 12.3. The zero-order valence-corrected chi connectivity index (χ0v) is 16.5. The van der Waals surface area contributed by atoms with Gasteiger partial charge in [0, 0.05) is 25.4 Å². The van der Waals surface area contributed by atoms with Crippen LogP contribution in [0.25, 0.3) is 0 Å². The third-order valence-corrected chi connectivity index (χ3v) is 6.00. The molecule has 2 aromatic rings. The Bertz CT molecular complexity index is 861. The molecule has 2 heterocycles. The van der Waals surface area contributed by atoms with Gasteiger partial charge in [0.1, 0.15) is 10.8 Å². The highest BCUT2D eigenvalue weighted by Crippen LogP contribution is 2.27. The van der Waals surface area contributed by atoms with Crippen LogP contribution in [0.2, 0.25) is 0 Å². The van der Waals surface area contributed by atoms with Gasteiger partial charge in [-0.05, 0) is 30.5 Å². The van der Waals surface area contributed by atoms with Crippen molar-refractivity contribution in [3.05, 3.63) is 34.8 Å². The van der Waals surface area contributed by atoms with Crippen molar-refractivity contribution in [1.29, 1.82) is 0 Å². The normalized spacial score (nSPS) is 16.8. The Morgan fingerprint density at radius 1 is 1.29 bits per heavy atom. The van der Waals surface area contributed by atoms with Crippen molar-refractivity contribution in [2.75, 3.05) is 25.5 Å². The Kier molecular flexibility index (Phi) is 5.43. The number of carbonyl (C=O) groups excluding carboxylic acids is 2. The lowest BCUT2D eigenvalue weighted by Gasteiger charge is -2.40. The van der Waals surface area contributed by atoms with E-state index in [-0.39, 0.29) is 23.9 Å². The number of benzene rings is 1. The lowest BCUT2D eigenvalue weighted by molar-refractivity contribution is -0.129. The predicted molar refractivity (Wildman–Crippen MR) is 106 cm³/mol. The zero-order valence-electron chi connectivity index (χ0n) is 15.7. The third-order valence-electron chi connectivity index (χ3n) is 5.16. The van der Waals surface area contributed by atoms with Crippen molar-refractivity contribution < 1.29 is 14.3 Å². The lowest BCUT2D eigenvalue weighted by Crippen LogP contribution is -2.62. The fraction of sp³-hybridized carbons (Fsp3) is 0.474. The fourth-order valence-corrected chi connectivity index (χ4v) is 3.99. The van der Waals surface area contributed by atoms with E-state index in [4.69, 9.17) is 4.74 Å². The molecule has 1 aliphatic heterocycles. The summed E-state index contributed by atoms with van der Waals surface area (Å²) in [6.45, 7) is 1.06. The first-order chi connectivity index (χ1) is 13.6. The van der Waals surface area contributed by atoms with E-state index in [0.717, 1.165) is 35.6 Å². The maximum Gasteiger partial charge on any atom is 0.323 e. The minimum atomic E-state index is -0.210. The van der Waals surface area contributed by atoms with Gasteiger partial charge in [-0.25, -0.2) is 4.79 Å². The van der Waals surface area contributed by atoms with Gasteiger partial charge in [-0.15, -0.1) is 10.2 Å². The Balaban J connectivity index is 1.24. The van der Waals surface area contributed by atoms with Crippen LogP contribution in [0.4, 0.5) is 9.93 Å². The maximum atomic E-state index is 12.3. The van der Waals surface area contributed by atoms with Gasteiger partial charge in [0.25, 0.3) is 0 Å². The summed E-state index contributed by atoms with van der Waals surface area (Å²) in [5, 5.41) is 15.3. The molecule has 1 saturated heterocycles. The molecule has 4 rings (SSSR count). The average molecular weight is 401 g/mol. The Hall–Kier alpha value is -2.68. The summed E-state index contributed by atoms with van der Waals surface area (Å²) in [6, 6.07) is 7.62. The lowest BCUT2D eigenvalue weighted by atomic mass is 9.84. The highest BCUT2D eigenvalue weighted by Gasteiger charge is 2.34. The van der Waals surface area contributed by atoms with E-state index in [9.17, 15) is 9.59 Å². The predicted octanol–water partition coefficient (Wildman–Crippen LogP) is 2.27. The van der Waals surface area contributed by atoms with Crippen LogP contribution in [0.1, 0.15) is 29.8 Å². The number of hydrogen-bond donors (Lipinski definition) is 2. The first-order valence-corrected chi connectivity index (χ1v) is 10.2. The van der Waals surface area contributed by atoms with E-state index < -0.39 is 0 Å². The topological polar surface area (TPSA) is 96.5 Å². The number of aromatic nitrogens is 2. The number of urea groups is 1. The van der Waals surface area contributed by atoms with Crippen LogP contribution in [0.3, 0.4) is 0 Å². The summed E-state index contributed by atoms with van der Waals surface area (Å²) in [6.07, 6.45) is 3.73. The molecule has 0 radical (unpaired) electrons. The molecule has 9 heteroatoms. The summed E-state index contributed by atoms with van der Waals surface area (Å²) >= 11 is 1.36. The largest absolute Gasteiger partial charge is 0.497 e. The van der Waals surface area contributed by atoms with Gasteiger partial charge in [0.05, 0.1) is 13.2 Å². The van der Waals surface area contributed by atoms with Crippen molar-refractivity contribution >= 4 is 28.4 Å². The minimum Gasteiger partial charge on any atom is -0.497 e. The number of amides is 3. The quantitative estimate of drug-likeness (QED) is 0.774. The summed E-state index contributed by atoms with van der Waals surface area (Å²) in [5.41, 5.74) is 1.07. The zero-order chi connectivity index (χ0) is 19.5. The van der Waals surface area contributed by atoms with Crippen LogP contribution in [-0.4, -0.2) is 53.3 Å². The minimum absolute atomic E-state index is 0.0527. The van der Waals surface area contributed by atoms with Gasteiger partial charge < -0.3 is 15.0 Å². The molecule has 0 spiro atoms. The average Bonchev–Trinajstić information content (AvgIpc) is 3.03. The summed E-state index contributed by atoms with van der Waals surface area (Å²) in [7, 11) is 1.64. The third kappa shape index (κ3) is 4.24. The van der Waals surface area contributed by atoms with Gasteiger partial charge in [-0.1, -0.05) is 29.9 Å². The van der Waals surface area contributed by atoms with Crippen molar-refractivity contribution in [1.82, 2.24) is 20.4 Å². The number of nitrogens with one attached hydrogen (secondary N) is 2. The Labute approximate surface area is 167 Å². The first kappa shape index (κ1) is 18.7. The monoisotopic (exact) mass is 401 g/mol. The highest BCUT2D eigenvalue weighted by molar-refractivity contribution is 7.15. The molecule has 0 unspecified atom stereocenters. The van der Waals surface area contributed by atoms with E-state index in [1.54, 1.807) is 12.0 Å². The summed E-state index contributed by atoms with van der Waals surface area (Å²) < 4.78 is 5.23. The number of hydrogen-bond acceptors (Lipinski definition) is 6. The van der Waals surface area contributed by atoms with Crippen LogP contribution < -0.4 is 15.4 Å². The fourth-order valence-electron chi connectivity index (χ4n) is 3.23. The molecule has 2 aliphatic rings.